The second-order valence-electron chi connectivity index (χ2n) is 5.52. The predicted octanol–water partition coefficient (Wildman–Crippen LogP) is 4.11. The summed E-state index contributed by atoms with van der Waals surface area (Å²) in [5.41, 5.74) is 5.61. The van der Waals surface area contributed by atoms with Crippen molar-refractivity contribution in [3.05, 3.63) is 58.7 Å². The number of furan rings is 2. The Balaban J connectivity index is 1.85. The number of hydrazone groups is 1. The molecule has 1 N–H and O–H groups in total. The van der Waals surface area contributed by atoms with Crippen molar-refractivity contribution in [3.63, 3.8) is 0 Å². The lowest BCUT2D eigenvalue weighted by Gasteiger charge is -2.00. The van der Waals surface area contributed by atoms with Crippen LogP contribution in [0.15, 0.2) is 44.3 Å². The van der Waals surface area contributed by atoms with Crippen molar-refractivity contribution in [3.8, 4) is 0 Å². The molecule has 0 saturated heterocycles. The van der Waals surface area contributed by atoms with Crippen LogP contribution in [-0.2, 0) is 0 Å². The first-order chi connectivity index (χ1) is 11.0. The molecule has 1 amide bonds. The van der Waals surface area contributed by atoms with Gasteiger partial charge in [-0.25, -0.2) is 5.43 Å². The number of hydrogen-bond donors (Lipinski definition) is 1. The lowest BCUT2D eigenvalue weighted by Crippen LogP contribution is -2.19. The first-order valence-electron chi connectivity index (χ1n) is 7.37. The fourth-order valence-corrected chi connectivity index (χ4v) is 2.63. The van der Waals surface area contributed by atoms with E-state index in [2.05, 4.69) is 10.5 Å². The molecule has 1 aromatic carbocycles. The molecule has 2 aromatic heterocycles. The van der Waals surface area contributed by atoms with E-state index in [9.17, 15) is 4.79 Å². The largest absolute Gasteiger partial charge is 0.466 e. The van der Waals surface area contributed by atoms with Crippen molar-refractivity contribution < 1.29 is 13.6 Å². The standard InChI is InChI=1S/C18H18N2O3/c1-10-9-15(13(4)22-10)12(3)19-20-18(21)17-11(2)14-7-5-6-8-16(14)23-17/h5-9H,1-4H3,(H,20,21)/b19-12-. The minimum atomic E-state index is -0.365. The Kier molecular flexibility index (Phi) is 3.78. The van der Waals surface area contributed by atoms with Crippen molar-refractivity contribution in [2.75, 3.05) is 0 Å². The molecule has 3 rings (SSSR count). The van der Waals surface area contributed by atoms with Gasteiger partial charge in [-0.05, 0) is 39.8 Å². The van der Waals surface area contributed by atoms with Crippen molar-refractivity contribution in [2.45, 2.75) is 27.7 Å². The van der Waals surface area contributed by atoms with E-state index >= 15 is 0 Å². The first kappa shape index (κ1) is 15.1. The molecule has 0 fully saturated rings. The van der Waals surface area contributed by atoms with Gasteiger partial charge in [0.15, 0.2) is 5.76 Å². The second kappa shape index (κ2) is 5.76. The number of fused-ring (bicyclic) bond motifs is 1. The highest BCUT2D eigenvalue weighted by Crippen LogP contribution is 2.24. The molecule has 0 unspecified atom stereocenters. The third-order valence-electron chi connectivity index (χ3n) is 3.81. The summed E-state index contributed by atoms with van der Waals surface area (Å²) in [6.07, 6.45) is 0. The molecule has 0 aliphatic rings. The zero-order valence-electron chi connectivity index (χ0n) is 13.6. The Hall–Kier alpha value is -2.82. The smallest absolute Gasteiger partial charge is 0.307 e. The van der Waals surface area contributed by atoms with Crippen LogP contribution in [0.4, 0.5) is 0 Å². The monoisotopic (exact) mass is 310 g/mol. The summed E-state index contributed by atoms with van der Waals surface area (Å²) in [4.78, 5) is 12.3. The van der Waals surface area contributed by atoms with E-state index in [1.54, 1.807) is 0 Å². The van der Waals surface area contributed by atoms with Crippen LogP contribution in [0.5, 0.6) is 0 Å². The van der Waals surface area contributed by atoms with E-state index in [1.807, 2.05) is 58.0 Å². The van der Waals surface area contributed by atoms with E-state index < -0.39 is 0 Å². The zero-order chi connectivity index (χ0) is 16.6. The molecule has 0 atom stereocenters. The fourth-order valence-electron chi connectivity index (χ4n) is 2.63. The third-order valence-corrected chi connectivity index (χ3v) is 3.81. The fraction of sp³-hybridized carbons (Fsp3) is 0.222. The van der Waals surface area contributed by atoms with E-state index in [0.717, 1.165) is 28.0 Å². The Morgan fingerprint density at radius 2 is 1.87 bits per heavy atom. The Morgan fingerprint density at radius 1 is 1.13 bits per heavy atom. The molecule has 0 aliphatic heterocycles. The van der Waals surface area contributed by atoms with Gasteiger partial charge in [0, 0.05) is 16.5 Å². The Bertz CT molecular complexity index is 916. The number of aryl methyl sites for hydroxylation is 3. The molecular formula is C18H18N2O3. The van der Waals surface area contributed by atoms with E-state index in [4.69, 9.17) is 8.83 Å². The summed E-state index contributed by atoms with van der Waals surface area (Å²) in [5.74, 6) is 1.50. The molecule has 0 bridgehead atoms. The lowest BCUT2D eigenvalue weighted by atomic mass is 10.1. The maximum atomic E-state index is 12.3. The van der Waals surface area contributed by atoms with Gasteiger partial charge in [-0.3, -0.25) is 4.79 Å². The van der Waals surface area contributed by atoms with Crippen molar-refractivity contribution in [2.24, 2.45) is 5.10 Å². The number of carbonyl (C=O) groups is 1. The topological polar surface area (TPSA) is 67.7 Å². The van der Waals surface area contributed by atoms with Gasteiger partial charge >= 0.3 is 5.91 Å². The summed E-state index contributed by atoms with van der Waals surface area (Å²) < 4.78 is 11.1. The Labute approximate surface area is 134 Å². The van der Waals surface area contributed by atoms with Crippen molar-refractivity contribution in [1.29, 1.82) is 0 Å². The van der Waals surface area contributed by atoms with Crippen LogP contribution in [0.3, 0.4) is 0 Å². The summed E-state index contributed by atoms with van der Waals surface area (Å²) in [7, 11) is 0. The van der Waals surface area contributed by atoms with Crippen LogP contribution in [0, 0.1) is 20.8 Å². The highest BCUT2D eigenvalue weighted by atomic mass is 16.3. The molecule has 5 nitrogen and oxygen atoms in total. The maximum Gasteiger partial charge on any atom is 0.307 e. The van der Waals surface area contributed by atoms with Crippen LogP contribution in [-0.4, -0.2) is 11.6 Å². The van der Waals surface area contributed by atoms with Gasteiger partial charge in [0.1, 0.15) is 17.1 Å². The van der Waals surface area contributed by atoms with Crippen LogP contribution in [0.1, 0.15) is 40.1 Å². The normalized spacial score (nSPS) is 11.9. The van der Waals surface area contributed by atoms with Crippen molar-refractivity contribution >= 4 is 22.6 Å². The summed E-state index contributed by atoms with van der Waals surface area (Å²) >= 11 is 0. The molecule has 3 aromatic rings. The van der Waals surface area contributed by atoms with Gasteiger partial charge < -0.3 is 8.83 Å². The van der Waals surface area contributed by atoms with E-state index in [-0.39, 0.29) is 11.7 Å². The number of hydrogen-bond acceptors (Lipinski definition) is 4. The van der Waals surface area contributed by atoms with Gasteiger partial charge in [0.05, 0.1) is 5.71 Å². The number of carbonyl (C=O) groups excluding carboxylic acids is 1. The van der Waals surface area contributed by atoms with Gasteiger partial charge in [0.2, 0.25) is 0 Å². The van der Waals surface area contributed by atoms with Gasteiger partial charge in [-0.15, -0.1) is 0 Å². The molecule has 2 heterocycles. The first-order valence-corrected chi connectivity index (χ1v) is 7.37. The molecule has 5 heteroatoms. The molecule has 0 saturated carbocycles. The molecule has 0 spiro atoms. The average molecular weight is 310 g/mol. The third kappa shape index (κ3) is 2.77. The summed E-state index contributed by atoms with van der Waals surface area (Å²) in [5, 5.41) is 5.08. The summed E-state index contributed by atoms with van der Waals surface area (Å²) in [6, 6.07) is 9.45. The quantitative estimate of drug-likeness (QED) is 0.585. The molecule has 0 aliphatic carbocycles. The average Bonchev–Trinajstić information content (AvgIpc) is 3.05. The maximum absolute atomic E-state index is 12.3. The van der Waals surface area contributed by atoms with Crippen LogP contribution in [0.2, 0.25) is 0 Å². The van der Waals surface area contributed by atoms with Crippen LogP contribution < -0.4 is 5.43 Å². The highest BCUT2D eigenvalue weighted by Gasteiger charge is 2.17. The van der Waals surface area contributed by atoms with Gasteiger partial charge in [0.25, 0.3) is 0 Å². The highest BCUT2D eigenvalue weighted by molar-refractivity contribution is 6.02. The van der Waals surface area contributed by atoms with E-state index in [0.29, 0.717) is 11.3 Å². The van der Waals surface area contributed by atoms with Crippen LogP contribution >= 0.6 is 0 Å². The predicted molar refractivity (Wildman–Crippen MR) is 88.8 cm³/mol. The van der Waals surface area contributed by atoms with Crippen LogP contribution in [0.25, 0.3) is 11.0 Å². The minimum Gasteiger partial charge on any atom is -0.466 e. The molecule has 23 heavy (non-hydrogen) atoms. The molecular weight excluding hydrogens is 292 g/mol. The molecule has 118 valence electrons. The van der Waals surface area contributed by atoms with Gasteiger partial charge in [-0.1, -0.05) is 18.2 Å². The van der Waals surface area contributed by atoms with Crippen molar-refractivity contribution in [1.82, 2.24) is 5.43 Å². The number of nitrogens with zero attached hydrogens (tertiary/aromatic N) is 1. The van der Waals surface area contributed by atoms with Gasteiger partial charge in [-0.2, -0.15) is 5.10 Å². The lowest BCUT2D eigenvalue weighted by molar-refractivity contribution is 0.0928. The number of benzene rings is 1. The molecule has 0 radical (unpaired) electrons. The SMILES string of the molecule is C/C(=N/NC(=O)c1oc2ccccc2c1C)c1cc(C)oc1C. The Morgan fingerprint density at radius 3 is 2.52 bits per heavy atom. The second-order valence-corrected chi connectivity index (χ2v) is 5.52. The number of para-hydroxylation sites is 1. The number of amides is 1. The minimum absolute atomic E-state index is 0.280. The van der Waals surface area contributed by atoms with E-state index in [1.165, 1.54) is 0 Å². The summed E-state index contributed by atoms with van der Waals surface area (Å²) in [6.45, 7) is 7.43. The number of nitrogens with one attached hydrogen (secondary N) is 1. The number of rotatable bonds is 3. The zero-order valence-corrected chi connectivity index (χ0v) is 13.6.